The van der Waals surface area contributed by atoms with Crippen LogP contribution in [0.4, 0.5) is 36.8 Å². The summed E-state index contributed by atoms with van der Waals surface area (Å²) in [6, 6.07) is 7.00. The average Bonchev–Trinajstić information content (AvgIpc) is 3.32. The summed E-state index contributed by atoms with van der Waals surface area (Å²) in [6.45, 7) is 0. The molecular formula is C23H17F6N5O4. The summed E-state index contributed by atoms with van der Waals surface area (Å²) in [5, 5.41) is 38.1. The monoisotopic (exact) mass is 541 g/mol. The third-order valence-electron chi connectivity index (χ3n) is 5.99. The molecule has 2 atom stereocenters. The number of aromatic nitrogens is 3. The van der Waals surface area contributed by atoms with Crippen LogP contribution in [-0.4, -0.2) is 37.7 Å². The molecule has 3 heterocycles. The number of alkyl halides is 6. The van der Waals surface area contributed by atoms with E-state index in [2.05, 4.69) is 15.2 Å². The van der Waals surface area contributed by atoms with Crippen molar-refractivity contribution in [3.05, 3.63) is 58.6 Å². The van der Waals surface area contributed by atoms with Gasteiger partial charge >= 0.3 is 18.4 Å². The number of anilines is 1. The van der Waals surface area contributed by atoms with Crippen LogP contribution in [0.1, 0.15) is 53.5 Å². The van der Waals surface area contributed by atoms with Gasteiger partial charge in [0.1, 0.15) is 0 Å². The largest absolute Gasteiger partial charge is 0.465 e. The molecule has 0 fully saturated rings. The number of nitriles is 1. The highest BCUT2D eigenvalue weighted by atomic mass is 19.4. The summed E-state index contributed by atoms with van der Waals surface area (Å²) in [5.41, 5.74) is -7.85. The Hall–Kier alpha value is -4.19. The Morgan fingerprint density at radius 1 is 1.16 bits per heavy atom. The smallest absolute Gasteiger partial charge is 0.430 e. The van der Waals surface area contributed by atoms with Gasteiger partial charge in [0, 0.05) is 5.56 Å². The number of nitrogens with one attached hydrogen (secondary N) is 1. The third-order valence-corrected chi connectivity index (χ3v) is 5.99. The zero-order valence-corrected chi connectivity index (χ0v) is 19.1. The number of amides is 1. The van der Waals surface area contributed by atoms with Gasteiger partial charge in [0.2, 0.25) is 0 Å². The fourth-order valence-corrected chi connectivity index (χ4v) is 4.16. The molecule has 200 valence electrons. The molecule has 38 heavy (non-hydrogen) atoms. The first-order valence-corrected chi connectivity index (χ1v) is 11.0. The molecule has 3 N–H and O–H groups in total. The lowest BCUT2D eigenvalue weighted by molar-refractivity contribution is -0.255. The molecule has 1 amide bonds. The number of hydrogen-bond donors (Lipinski definition) is 3. The lowest BCUT2D eigenvalue weighted by atomic mass is 9.90. The Balaban J connectivity index is 2.03. The van der Waals surface area contributed by atoms with Crippen molar-refractivity contribution in [3.63, 3.8) is 0 Å². The predicted octanol–water partition coefficient (Wildman–Crippen LogP) is 5.37. The van der Waals surface area contributed by atoms with E-state index in [0.717, 1.165) is 12.1 Å². The van der Waals surface area contributed by atoms with Crippen LogP contribution >= 0.6 is 0 Å². The van der Waals surface area contributed by atoms with E-state index in [1.165, 1.54) is 12.1 Å². The molecule has 6 bridgehead atoms. The molecule has 0 aliphatic carbocycles. The minimum atomic E-state index is -5.38. The first-order chi connectivity index (χ1) is 17.8. The molecule has 1 aromatic carbocycles. The van der Waals surface area contributed by atoms with Crippen molar-refractivity contribution in [2.24, 2.45) is 0 Å². The fraction of sp³-hybridized carbons (Fsp3) is 0.348. The van der Waals surface area contributed by atoms with E-state index in [0.29, 0.717) is 18.1 Å². The van der Waals surface area contributed by atoms with E-state index >= 15 is 0 Å². The molecule has 0 saturated carbocycles. The van der Waals surface area contributed by atoms with E-state index in [1.807, 2.05) is 0 Å². The van der Waals surface area contributed by atoms with Crippen LogP contribution < -0.4 is 5.32 Å². The normalized spacial score (nSPS) is 20.1. The van der Waals surface area contributed by atoms with Crippen LogP contribution in [0.15, 0.2) is 34.7 Å². The molecule has 0 radical (unpaired) electrons. The van der Waals surface area contributed by atoms with Crippen LogP contribution in [0.2, 0.25) is 0 Å². The summed E-state index contributed by atoms with van der Waals surface area (Å²) in [7, 11) is 0. The van der Waals surface area contributed by atoms with E-state index in [9.17, 15) is 41.5 Å². The second-order valence-corrected chi connectivity index (χ2v) is 8.49. The van der Waals surface area contributed by atoms with Gasteiger partial charge in [0.15, 0.2) is 5.69 Å². The maximum atomic E-state index is 14.2. The second-order valence-electron chi connectivity index (χ2n) is 8.49. The molecule has 0 saturated heterocycles. The maximum Gasteiger partial charge on any atom is 0.430 e. The number of fused-ring (bicyclic) bond motifs is 7. The number of carbonyl (C=O) groups is 1. The molecule has 2 aromatic heterocycles. The zero-order chi connectivity index (χ0) is 27.9. The summed E-state index contributed by atoms with van der Waals surface area (Å²) < 4.78 is 89.6. The molecule has 3 aromatic rings. The number of hydrogen-bond acceptors (Lipinski definition) is 7. The van der Waals surface area contributed by atoms with Crippen molar-refractivity contribution >= 4 is 11.8 Å². The number of halogens is 6. The Morgan fingerprint density at radius 3 is 2.53 bits per heavy atom. The number of benzene rings is 1. The van der Waals surface area contributed by atoms with Crippen LogP contribution in [-0.2, 0) is 18.2 Å². The fourth-order valence-electron chi connectivity index (χ4n) is 4.16. The standard InChI is InChI=1S/C23H17F6N5O4/c24-22(25,26)14-9-15(31-20(35)36)17-18-33-34-19(38-18)21(37,23(27,28)29)13-7-3-5-11(8-13)4-1-2-6-12(10-30)16(14)32-17/h3,5,7-9,12,31,37H,1-2,4,6H2,(H,35,36). The minimum absolute atomic E-state index is 0.0843. The molecule has 1 aliphatic rings. The summed E-state index contributed by atoms with van der Waals surface area (Å²) in [6.07, 6.45) is -11.7. The van der Waals surface area contributed by atoms with Crippen LogP contribution in [0, 0.1) is 11.3 Å². The summed E-state index contributed by atoms with van der Waals surface area (Å²) in [5.74, 6) is -3.69. The summed E-state index contributed by atoms with van der Waals surface area (Å²) in [4.78, 5) is 15.1. The molecule has 1 aliphatic heterocycles. The number of nitrogens with zero attached hydrogens (tertiary/aromatic N) is 4. The van der Waals surface area contributed by atoms with Gasteiger partial charge in [0.25, 0.3) is 17.4 Å². The predicted molar refractivity (Wildman–Crippen MR) is 116 cm³/mol. The van der Waals surface area contributed by atoms with Crippen LogP contribution in [0.5, 0.6) is 0 Å². The van der Waals surface area contributed by atoms with Crippen molar-refractivity contribution in [2.75, 3.05) is 5.32 Å². The first kappa shape index (κ1) is 26.9. The van der Waals surface area contributed by atoms with E-state index in [-0.39, 0.29) is 19.3 Å². The molecule has 0 spiro atoms. The van der Waals surface area contributed by atoms with E-state index < -0.39 is 69.9 Å². The lowest BCUT2D eigenvalue weighted by Crippen LogP contribution is -2.43. The second kappa shape index (κ2) is 9.60. The van der Waals surface area contributed by atoms with Gasteiger partial charge in [-0.2, -0.15) is 31.6 Å². The quantitative estimate of drug-likeness (QED) is 0.349. The van der Waals surface area contributed by atoms with Gasteiger partial charge in [0.05, 0.1) is 28.9 Å². The van der Waals surface area contributed by atoms with Crippen LogP contribution in [0.25, 0.3) is 11.6 Å². The molecule has 4 rings (SSSR count). The Morgan fingerprint density at radius 2 is 1.89 bits per heavy atom. The van der Waals surface area contributed by atoms with Gasteiger partial charge in [-0.15, -0.1) is 10.2 Å². The first-order valence-electron chi connectivity index (χ1n) is 11.0. The van der Waals surface area contributed by atoms with Crippen molar-refractivity contribution in [1.82, 2.24) is 15.2 Å². The van der Waals surface area contributed by atoms with E-state index in [1.54, 1.807) is 11.4 Å². The van der Waals surface area contributed by atoms with Gasteiger partial charge < -0.3 is 14.6 Å². The topological polar surface area (TPSA) is 145 Å². The van der Waals surface area contributed by atoms with Gasteiger partial charge in [-0.25, -0.2) is 9.78 Å². The van der Waals surface area contributed by atoms with Crippen molar-refractivity contribution in [2.45, 2.75) is 49.6 Å². The van der Waals surface area contributed by atoms with E-state index in [4.69, 9.17) is 9.52 Å². The van der Waals surface area contributed by atoms with Crippen LogP contribution in [0.3, 0.4) is 0 Å². The lowest BCUT2D eigenvalue weighted by Gasteiger charge is -2.27. The third kappa shape index (κ3) is 4.86. The summed E-state index contributed by atoms with van der Waals surface area (Å²) >= 11 is 0. The average molecular weight is 541 g/mol. The molecule has 15 heteroatoms. The molecule has 9 nitrogen and oxygen atoms in total. The number of carboxylic acid groups (broad SMARTS) is 1. The minimum Gasteiger partial charge on any atom is -0.465 e. The Labute approximate surface area is 209 Å². The maximum absolute atomic E-state index is 14.2. The Bertz CT molecular complexity index is 1410. The number of pyridine rings is 1. The highest BCUT2D eigenvalue weighted by molar-refractivity contribution is 5.88. The zero-order valence-electron chi connectivity index (χ0n) is 19.1. The number of aryl methyl sites for hydroxylation is 1. The molecule has 2 unspecified atom stereocenters. The number of aliphatic hydroxyl groups is 1. The SMILES string of the molecule is N#CC1CCCCc2cccc(c2)C(O)(C(F)(F)F)c2nnc(o2)-c2nc1c(C(F)(F)F)cc2NC(=O)O. The van der Waals surface area contributed by atoms with Gasteiger partial charge in [-0.05, 0) is 30.9 Å². The van der Waals surface area contributed by atoms with Crippen molar-refractivity contribution in [1.29, 1.82) is 5.26 Å². The van der Waals surface area contributed by atoms with Gasteiger partial charge in [-0.1, -0.05) is 30.7 Å². The molecular weight excluding hydrogens is 524 g/mol. The Kier molecular flexibility index (Phi) is 6.79. The van der Waals surface area contributed by atoms with Crippen molar-refractivity contribution < 1.29 is 45.8 Å². The highest BCUT2D eigenvalue weighted by Gasteiger charge is 2.60. The van der Waals surface area contributed by atoms with Gasteiger partial charge in [-0.3, -0.25) is 5.32 Å². The highest BCUT2D eigenvalue weighted by Crippen LogP contribution is 2.46. The van der Waals surface area contributed by atoms with Crippen molar-refractivity contribution in [3.8, 4) is 17.7 Å². The number of rotatable bonds is 1.